The predicted molar refractivity (Wildman–Crippen MR) is 49.0 cm³/mol. The molecule has 0 aliphatic rings. The van der Waals surface area contributed by atoms with Gasteiger partial charge in [-0.25, -0.2) is 4.98 Å². The Morgan fingerprint density at radius 1 is 1.70 bits per heavy atom. The second-order valence-electron chi connectivity index (χ2n) is 2.06. The van der Waals surface area contributed by atoms with Crippen LogP contribution < -0.4 is 0 Å². The summed E-state index contributed by atoms with van der Waals surface area (Å²) in [5.41, 5.74) is 1.19. The Kier molecular flexibility index (Phi) is 3.22. The molecule has 3 heteroatoms. The fourth-order valence-corrected chi connectivity index (χ4v) is 1.75. The average molecular weight is 173 g/mol. The molecule has 0 bridgehead atoms. The van der Waals surface area contributed by atoms with E-state index in [1.54, 1.807) is 11.3 Å². The third-order valence-electron chi connectivity index (χ3n) is 1.27. The third kappa shape index (κ3) is 1.99. The van der Waals surface area contributed by atoms with Crippen molar-refractivity contribution < 1.29 is 0 Å². The van der Waals surface area contributed by atoms with E-state index in [4.69, 9.17) is 0 Å². The van der Waals surface area contributed by atoms with E-state index in [2.05, 4.69) is 29.9 Å². The van der Waals surface area contributed by atoms with Crippen LogP contribution in [-0.4, -0.2) is 10.7 Å². The number of aromatic nitrogens is 1. The van der Waals surface area contributed by atoms with Crippen LogP contribution in [0, 0.1) is 0 Å². The Hall–Kier alpha value is -0.0200. The number of thiol groups is 1. The van der Waals surface area contributed by atoms with Gasteiger partial charge in [0.15, 0.2) is 0 Å². The molecule has 0 N–H and O–H groups in total. The fourth-order valence-electron chi connectivity index (χ4n) is 0.741. The molecule has 0 atom stereocenters. The van der Waals surface area contributed by atoms with Crippen LogP contribution in [0.4, 0.5) is 0 Å². The topological polar surface area (TPSA) is 12.9 Å². The highest BCUT2D eigenvalue weighted by Gasteiger charge is 1.97. The average Bonchev–Trinajstić information content (AvgIpc) is 2.37. The molecule has 56 valence electrons. The summed E-state index contributed by atoms with van der Waals surface area (Å²) < 4.78 is 0. The first kappa shape index (κ1) is 8.08. The van der Waals surface area contributed by atoms with Crippen molar-refractivity contribution in [2.45, 2.75) is 19.8 Å². The molecule has 1 aromatic rings. The standard InChI is InChI=1S/C7H11NS2/c1-2-7-8-6(3-4-9)5-10-7/h5,9H,2-4H2,1H3. The van der Waals surface area contributed by atoms with Crippen LogP contribution in [0.3, 0.4) is 0 Å². The molecule has 1 nitrogen and oxygen atoms in total. The van der Waals surface area contributed by atoms with E-state index in [1.807, 2.05) is 0 Å². The largest absolute Gasteiger partial charge is 0.246 e. The van der Waals surface area contributed by atoms with Crippen LogP contribution in [0.25, 0.3) is 0 Å². The van der Waals surface area contributed by atoms with E-state index < -0.39 is 0 Å². The smallest absolute Gasteiger partial charge is 0.0925 e. The Morgan fingerprint density at radius 3 is 3.00 bits per heavy atom. The van der Waals surface area contributed by atoms with Crippen molar-refractivity contribution in [2.75, 3.05) is 5.75 Å². The number of rotatable bonds is 3. The summed E-state index contributed by atoms with van der Waals surface area (Å²) >= 11 is 5.88. The Bertz CT molecular complexity index is 195. The molecule has 0 aromatic carbocycles. The lowest BCUT2D eigenvalue weighted by Crippen LogP contribution is -1.86. The highest BCUT2D eigenvalue weighted by molar-refractivity contribution is 7.80. The quantitative estimate of drug-likeness (QED) is 0.691. The second-order valence-corrected chi connectivity index (χ2v) is 3.45. The van der Waals surface area contributed by atoms with Gasteiger partial charge < -0.3 is 0 Å². The van der Waals surface area contributed by atoms with Gasteiger partial charge in [-0.15, -0.1) is 11.3 Å². The van der Waals surface area contributed by atoms with Gasteiger partial charge in [-0.05, 0) is 18.6 Å². The SMILES string of the molecule is CCc1nc(CCS)cs1. The van der Waals surface area contributed by atoms with E-state index in [0.29, 0.717) is 0 Å². The lowest BCUT2D eigenvalue weighted by molar-refractivity contribution is 1.01. The van der Waals surface area contributed by atoms with Crippen LogP contribution in [0.5, 0.6) is 0 Å². The third-order valence-corrected chi connectivity index (χ3v) is 2.54. The van der Waals surface area contributed by atoms with Crippen LogP contribution >= 0.6 is 24.0 Å². The van der Waals surface area contributed by atoms with E-state index in [0.717, 1.165) is 18.6 Å². The molecule has 0 saturated carbocycles. The number of nitrogens with zero attached hydrogens (tertiary/aromatic N) is 1. The maximum Gasteiger partial charge on any atom is 0.0925 e. The van der Waals surface area contributed by atoms with Crippen molar-refractivity contribution in [3.05, 3.63) is 16.1 Å². The lowest BCUT2D eigenvalue weighted by atomic mass is 10.4. The van der Waals surface area contributed by atoms with Crippen LogP contribution in [0.15, 0.2) is 5.38 Å². The molecule has 0 unspecified atom stereocenters. The molecule has 1 aromatic heterocycles. The zero-order chi connectivity index (χ0) is 7.40. The summed E-state index contributed by atoms with van der Waals surface area (Å²) in [6.07, 6.45) is 2.05. The summed E-state index contributed by atoms with van der Waals surface area (Å²) in [5, 5.41) is 3.35. The van der Waals surface area contributed by atoms with Crippen molar-refractivity contribution in [3.8, 4) is 0 Å². The lowest BCUT2D eigenvalue weighted by Gasteiger charge is -1.87. The molecule has 0 spiro atoms. The summed E-state index contributed by atoms with van der Waals surface area (Å²) in [5.74, 6) is 0.896. The van der Waals surface area contributed by atoms with Crippen molar-refractivity contribution in [3.63, 3.8) is 0 Å². The van der Waals surface area contributed by atoms with Gasteiger partial charge in [0.05, 0.1) is 10.7 Å². The van der Waals surface area contributed by atoms with E-state index in [1.165, 1.54) is 10.7 Å². The highest BCUT2D eigenvalue weighted by atomic mass is 32.1. The monoisotopic (exact) mass is 173 g/mol. The van der Waals surface area contributed by atoms with Gasteiger partial charge in [0.2, 0.25) is 0 Å². The highest BCUT2D eigenvalue weighted by Crippen LogP contribution is 2.10. The van der Waals surface area contributed by atoms with Gasteiger partial charge in [-0.3, -0.25) is 0 Å². The van der Waals surface area contributed by atoms with Gasteiger partial charge in [0.1, 0.15) is 0 Å². The minimum absolute atomic E-state index is 0.896. The summed E-state index contributed by atoms with van der Waals surface area (Å²) in [4.78, 5) is 4.39. The molecule has 0 saturated heterocycles. The second kappa shape index (κ2) is 3.98. The number of hydrogen-bond donors (Lipinski definition) is 1. The van der Waals surface area contributed by atoms with Gasteiger partial charge in [-0.1, -0.05) is 6.92 Å². The van der Waals surface area contributed by atoms with Crippen molar-refractivity contribution in [1.82, 2.24) is 4.98 Å². The van der Waals surface area contributed by atoms with Crippen molar-refractivity contribution in [1.29, 1.82) is 0 Å². The molecule has 1 heterocycles. The van der Waals surface area contributed by atoms with Crippen LogP contribution in [-0.2, 0) is 12.8 Å². The summed E-state index contributed by atoms with van der Waals surface area (Å²) in [6, 6.07) is 0. The first-order valence-electron chi connectivity index (χ1n) is 3.41. The van der Waals surface area contributed by atoms with E-state index in [-0.39, 0.29) is 0 Å². The molecular weight excluding hydrogens is 162 g/mol. The van der Waals surface area contributed by atoms with E-state index >= 15 is 0 Å². The van der Waals surface area contributed by atoms with Crippen molar-refractivity contribution >= 4 is 24.0 Å². The summed E-state index contributed by atoms with van der Waals surface area (Å²) in [6.45, 7) is 2.13. The van der Waals surface area contributed by atoms with E-state index in [9.17, 15) is 0 Å². The molecule has 0 aliphatic heterocycles. The molecule has 0 radical (unpaired) electrons. The van der Waals surface area contributed by atoms with Crippen LogP contribution in [0.1, 0.15) is 17.6 Å². The Morgan fingerprint density at radius 2 is 2.50 bits per heavy atom. The first-order valence-corrected chi connectivity index (χ1v) is 4.92. The van der Waals surface area contributed by atoms with Gasteiger partial charge in [0.25, 0.3) is 0 Å². The summed E-state index contributed by atoms with van der Waals surface area (Å²) in [7, 11) is 0. The van der Waals surface area contributed by atoms with Gasteiger partial charge >= 0.3 is 0 Å². The molecule has 0 aliphatic carbocycles. The minimum Gasteiger partial charge on any atom is -0.246 e. The van der Waals surface area contributed by atoms with Gasteiger partial charge in [-0.2, -0.15) is 12.6 Å². The molecular formula is C7H11NS2. The Balaban J connectivity index is 2.59. The maximum absolute atomic E-state index is 4.39. The van der Waals surface area contributed by atoms with Crippen molar-refractivity contribution in [2.24, 2.45) is 0 Å². The minimum atomic E-state index is 0.896. The normalized spacial score (nSPS) is 10.2. The van der Waals surface area contributed by atoms with Gasteiger partial charge in [0, 0.05) is 5.38 Å². The molecule has 0 fully saturated rings. The zero-order valence-electron chi connectivity index (χ0n) is 6.00. The Labute approximate surface area is 70.9 Å². The number of aryl methyl sites for hydroxylation is 2. The molecule has 10 heavy (non-hydrogen) atoms. The number of hydrogen-bond acceptors (Lipinski definition) is 3. The van der Waals surface area contributed by atoms with Crippen LogP contribution in [0.2, 0.25) is 0 Å². The number of thiazole rings is 1. The first-order chi connectivity index (χ1) is 4.86. The molecule has 1 rings (SSSR count). The zero-order valence-corrected chi connectivity index (χ0v) is 7.71. The fraction of sp³-hybridized carbons (Fsp3) is 0.571. The molecule has 0 amide bonds. The predicted octanol–water partition coefficient (Wildman–Crippen LogP) is 2.18. The maximum atomic E-state index is 4.39.